The third kappa shape index (κ3) is 3.63. The van der Waals surface area contributed by atoms with Crippen LogP contribution in [0, 0.1) is 0 Å². The molecule has 1 aliphatic rings. The topological polar surface area (TPSA) is 47.6 Å². The summed E-state index contributed by atoms with van der Waals surface area (Å²) < 4.78 is 10.9. The standard InChI is InChI=1S/C17H25NO3/c1-3-18-17(16(19)20-2,14-8-5-4-6-9-14)12-13-21-15-10-7-11-15/h4-6,8-9,15,18H,3,7,10-13H2,1-2H3. The Morgan fingerprint density at radius 3 is 2.57 bits per heavy atom. The Kier molecular flexibility index (Phi) is 5.76. The molecule has 1 aliphatic carbocycles. The molecule has 0 aromatic heterocycles. The number of ether oxygens (including phenoxy) is 2. The first-order valence-electron chi connectivity index (χ1n) is 7.73. The van der Waals surface area contributed by atoms with Crippen molar-refractivity contribution in [2.24, 2.45) is 0 Å². The Bertz CT molecular complexity index is 445. The summed E-state index contributed by atoms with van der Waals surface area (Å²) in [5, 5.41) is 3.32. The van der Waals surface area contributed by atoms with Gasteiger partial charge in [0.05, 0.1) is 13.2 Å². The fraction of sp³-hybridized carbons (Fsp3) is 0.588. The Labute approximate surface area is 126 Å². The molecule has 0 saturated heterocycles. The van der Waals surface area contributed by atoms with Crippen molar-refractivity contribution in [2.45, 2.75) is 44.2 Å². The number of benzene rings is 1. The van der Waals surface area contributed by atoms with Crippen LogP contribution in [0.5, 0.6) is 0 Å². The highest BCUT2D eigenvalue weighted by Gasteiger charge is 2.40. The lowest BCUT2D eigenvalue weighted by Gasteiger charge is -2.34. The fourth-order valence-electron chi connectivity index (χ4n) is 2.74. The highest BCUT2D eigenvalue weighted by molar-refractivity contribution is 5.82. The maximum atomic E-state index is 12.4. The molecule has 0 radical (unpaired) electrons. The van der Waals surface area contributed by atoms with Gasteiger partial charge in [-0.3, -0.25) is 5.32 Å². The summed E-state index contributed by atoms with van der Waals surface area (Å²) in [5.41, 5.74) is 0.102. The van der Waals surface area contributed by atoms with Crippen molar-refractivity contribution >= 4 is 5.97 Å². The third-order valence-electron chi connectivity index (χ3n) is 4.16. The Hall–Kier alpha value is -1.39. The van der Waals surface area contributed by atoms with E-state index in [1.807, 2.05) is 37.3 Å². The predicted molar refractivity (Wildman–Crippen MR) is 82.0 cm³/mol. The van der Waals surface area contributed by atoms with Crippen LogP contribution in [0.1, 0.15) is 38.2 Å². The Balaban J connectivity index is 2.15. The third-order valence-corrected chi connectivity index (χ3v) is 4.16. The van der Waals surface area contributed by atoms with Crippen LogP contribution in [0.2, 0.25) is 0 Å². The van der Waals surface area contributed by atoms with Crippen LogP contribution < -0.4 is 5.32 Å². The van der Waals surface area contributed by atoms with E-state index in [2.05, 4.69) is 5.32 Å². The average Bonchev–Trinajstić information content (AvgIpc) is 2.48. The van der Waals surface area contributed by atoms with Gasteiger partial charge in [-0.25, -0.2) is 4.79 Å². The van der Waals surface area contributed by atoms with E-state index in [1.165, 1.54) is 13.5 Å². The molecule has 0 heterocycles. The highest BCUT2D eigenvalue weighted by atomic mass is 16.5. The van der Waals surface area contributed by atoms with Gasteiger partial charge in [-0.1, -0.05) is 37.3 Å². The molecule has 116 valence electrons. The molecule has 1 atom stereocenters. The lowest BCUT2D eigenvalue weighted by molar-refractivity contribution is -0.150. The Morgan fingerprint density at radius 1 is 1.33 bits per heavy atom. The summed E-state index contributed by atoms with van der Waals surface area (Å²) in [6.45, 7) is 3.24. The van der Waals surface area contributed by atoms with Gasteiger partial charge >= 0.3 is 5.97 Å². The molecule has 21 heavy (non-hydrogen) atoms. The number of hydrogen-bond acceptors (Lipinski definition) is 4. The van der Waals surface area contributed by atoms with E-state index in [9.17, 15) is 4.79 Å². The van der Waals surface area contributed by atoms with E-state index in [1.54, 1.807) is 0 Å². The number of carbonyl (C=O) groups is 1. The normalized spacial score (nSPS) is 17.8. The monoisotopic (exact) mass is 291 g/mol. The van der Waals surface area contributed by atoms with Crippen molar-refractivity contribution in [1.82, 2.24) is 5.32 Å². The lowest BCUT2D eigenvalue weighted by Crippen LogP contribution is -2.50. The smallest absolute Gasteiger partial charge is 0.330 e. The minimum Gasteiger partial charge on any atom is -0.467 e. The molecule has 0 aliphatic heterocycles. The van der Waals surface area contributed by atoms with Crippen LogP contribution in [0.25, 0.3) is 0 Å². The van der Waals surface area contributed by atoms with Gasteiger partial charge in [0.25, 0.3) is 0 Å². The van der Waals surface area contributed by atoms with Gasteiger partial charge in [0.2, 0.25) is 0 Å². The van der Waals surface area contributed by atoms with Crippen LogP contribution in [-0.4, -0.2) is 32.3 Å². The number of nitrogens with one attached hydrogen (secondary N) is 1. The first-order valence-corrected chi connectivity index (χ1v) is 7.73. The predicted octanol–water partition coefficient (Wildman–Crippen LogP) is 2.62. The molecule has 1 saturated carbocycles. The van der Waals surface area contributed by atoms with Gasteiger partial charge in [0.1, 0.15) is 5.54 Å². The summed E-state index contributed by atoms with van der Waals surface area (Å²) in [7, 11) is 1.43. The first-order chi connectivity index (χ1) is 10.2. The SMILES string of the molecule is CCNC(CCOC1CCC1)(C(=O)OC)c1ccccc1. The zero-order valence-corrected chi connectivity index (χ0v) is 12.9. The zero-order valence-electron chi connectivity index (χ0n) is 12.9. The van der Waals surface area contributed by atoms with Crippen molar-refractivity contribution in [3.8, 4) is 0 Å². The number of esters is 1. The molecule has 2 rings (SSSR count). The summed E-state index contributed by atoms with van der Waals surface area (Å²) in [6.07, 6.45) is 4.47. The van der Waals surface area contributed by atoms with E-state index in [-0.39, 0.29) is 5.97 Å². The summed E-state index contributed by atoms with van der Waals surface area (Å²) >= 11 is 0. The quantitative estimate of drug-likeness (QED) is 0.748. The molecule has 1 aromatic carbocycles. The second-order valence-corrected chi connectivity index (χ2v) is 5.47. The number of carbonyl (C=O) groups excluding carboxylic acids is 1. The van der Waals surface area contributed by atoms with Crippen LogP contribution in [-0.2, 0) is 19.8 Å². The van der Waals surface area contributed by atoms with E-state index in [0.29, 0.717) is 25.7 Å². The molecular formula is C17H25NO3. The molecule has 1 fully saturated rings. The lowest BCUT2D eigenvalue weighted by atomic mass is 9.86. The van der Waals surface area contributed by atoms with Crippen molar-refractivity contribution in [3.63, 3.8) is 0 Å². The van der Waals surface area contributed by atoms with Crippen molar-refractivity contribution in [2.75, 3.05) is 20.3 Å². The van der Waals surface area contributed by atoms with Crippen LogP contribution in [0.3, 0.4) is 0 Å². The van der Waals surface area contributed by atoms with E-state index in [0.717, 1.165) is 18.4 Å². The number of rotatable bonds is 8. The molecule has 1 aromatic rings. The van der Waals surface area contributed by atoms with Crippen molar-refractivity contribution < 1.29 is 14.3 Å². The van der Waals surface area contributed by atoms with Crippen LogP contribution in [0.4, 0.5) is 0 Å². The van der Waals surface area contributed by atoms with Gasteiger partial charge in [-0.15, -0.1) is 0 Å². The highest BCUT2D eigenvalue weighted by Crippen LogP contribution is 2.29. The maximum absolute atomic E-state index is 12.4. The molecule has 4 nitrogen and oxygen atoms in total. The number of hydrogen-bond donors (Lipinski definition) is 1. The zero-order chi connectivity index (χ0) is 15.1. The van der Waals surface area contributed by atoms with Crippen molar-refractivity contribution in [3.05, 3.63) is 35.9 Å². The largest absolute Gasteiger partial charge is 0.467 e. The minimum absolute atomic E-state index is 0.257. The number of methoxy groups -OCH3 is 1. The van der Waals surface area contributed by atoms with Gasteiger partial charge in [-0.05, 0) is 31.4 Å². The van der Waals surface area contributed by atoms with Crippen molar-refractivity contribution in [1.29, 1.82) is 0 Å². The summed E-state index contributed by atoms with van der Waals surface area (Å²) in [4.78, 5) is 12.4. The molecule has 1 N–H and O–H groups in total. The van der Waals surface area contributed by atoms with E-state index < -0.39 is 5.54 Å². The second kappa shape index (κ2) is 7.57. The molecule has 1 unspecified atom stereocenters. The Morgan fingerprint density at radius 2 is 2.05 bits per heavy atom. The second-order valence-electron chi connectivity index (χ2n) is 5.47. The van der Waals surface area contributed by atoms with Crippen LogP contribution >= 0.6 is 0 Å². The molecule has 0 bridgehead atoms. The van der Waals surface area contributed by atoms with Gasteiger partial charge < -0.3 is 9.47 Å². The summed E-state index contributed by atoms with van der Waals surface area (Å²) in [5.74, 6) is -0.257. The van der Waals surface area contributed by atoms with E-state index >= 15 is 0 Å². The molecule has 4 heteroatoms. The van der Waals surface area contributed by atoms with Gasteiger partial charge in [0.15, 0.2) is 0 Å². The molecule has 0 amide bonds. The maximum Gasteiger partial charge on any atom is 0.330 e. The number of likely N-dealkylation sites (N-methyl/N-ethyl adjacent to an activating group) is 1. The van der Waals surface area contributed by atoms with Gasteiger partial charge in [-0.2, -0.15) is 0 Å². The summed E-state index contributed by atoms with van der Waals surface area (Å²) in [6, 6.07) is 9.75. The average molecular weight is 291 g/mol. The molecular weight excluding hydrogens is 266 g/mol. The first kappa shape index (κ1) is 16.0. The van der Waals surface area contributed by atoms with E-state index in [4.69, 9.17) is 9.47 Å². The fourth-order valence-corrected chi connectivity index (χ4v) is 2.74. The molecule has 0 spiro atoms. The minimum atomic E-state index is -0.825. The van der Waals surface area contributed by atoms with Gasteiger partial charge in [0, 0.05) is 13.0 Å². The van der Waals surface area contributed by atoms with Crippen LogP contribution in [0.15, 0.2) is 30.3 Å².